The van der Waals surface area contributed by atoms with E-state index in [2.05, 4.69) is 32.0 Å². The Bertz CT molecular complexity index is 979. The number of rotatable bonds is 7. The van der Waals surface area contributed by atoms with Gasteiger partial charge in [-0.25, -0.2) is 4.99 Å². The number of guanidine groups is 1. The first kappa shape index (κ1) is 19.9. The summed E-state index contributed by atoms with van der Waals surface area (Å²) in [6.45, 7) is 4.72. The number of aromatic nitrogens is 5. The number of ether oxygens (including phenoxy) is 1. The van der Waals surface area contributed by atoms with E-state index in [0.29, 0.717) is 13.2 Å². The van der Waals surface area contributed by atoms with Crippen molar-refractivity contribution >= 4 is 5.96 Å². The fourth-order valence-corrected chi connectivity index (χ4v) is 3.43. The molecule has 1 atom stereocenters. The van der Waals surface area contributed by atoms with Gasteiger partial charge in [-0.05, 0) is 25.5 Å². The molecule has 158 valence electrons. The fourth-order valence-electron chi connectivity index (χ4n) is 3.43. The van der Waals surface area contributed by atoms with Gasteiger partial charge in [-0.2, -0.15) is 5.10 Å². The highest BCUT2D eigenvalue weighted by Gasteiger charge is 2.22. The van der Waals surface area contributed by atoms with E-state index in [1.807, 2.05) is 53.7 Å². The maximum atomic E-state index is 5.79. The highest BCUT2D eigenvalue weighted by Crippen LogP contribution is 2.31. The lowest BCUT2D eigenvalue weighted by atomic mass is 10.0. The third-order valence-corrected chi connectivity index (χ3v) is 5.25. The molecule has 0 spiro atoms. The summed E-state index contributed by atoms with van der Waals surface area (Å²) in [5, 5.41) is 19.6. The van der Waals surface area contributed by atoms with Crippen molar-refractivity contribution in [3.63, 3.8) is 0 Å². The largest absolute Gasteiger partial charge is 0.493 e. The van der Waals surface area contributed by atoms with Crippen molar-refractivity contribution in [2.45, 2.75) is 38.9 Å². The number of fused-ring (bicyclic) bond motifs is 1. The molecule has 4 rings (SSSR count). The molecule has 3 heterocycles. The molecule has 0 fully saturated rings. The van der Waals surface area contributed by atoms with Gasteiger partial charge in [-0.15, -0.1) is 10.2 Å². The van der Waals surface area contributed by atoms with E-state index in [4.69, 9.17) is 9.73 Å². The number of nitrogens with zero attached hydrogens (tertiary/aromatic N) is 6. The molecule has 0 bridgehead atoms. The number of benzene rings is 1. The quantitative estimate of drug-likeness (QED) is 0.353. The van der Waals surface area contributed by atoms with E-state index < -0.39 is 0 Å². The van der Waals surface area contributed by atoms with Crippen molar-refractivity contribution in [1.29, 1.82) is 0 Å². The molecule has 0 saturated carbocycles. The van der Waals surface area contributed by atoms with Gasteiger partial charge in [0.2, 0.25) is 0 Å². The third kappa shape index (κ3) is 4.79. The Morgan fingerprint density at radius 1 is 1.27 bits per heavy atom. The normalized spacial score (nSPS) is 16.1. The summed E-state index contributed by atoms with van der Waals surface area (Å²) >= 11 is 0. The predicted molar refractivity (Wildman–Crippen MR) is 114 cm³/mol. The Morgan fingerprint density at radius 3 is 2.97 bits per heavy atom. The average molecular weight is 409 g/mol. The summed E-state index contributed by atoms with van der Waals surface area (Å²) in [7, 11) is 1.96. The molecule has 2 aromatic heterocycles. The molecule has 2 N–H and O–H groups in total. The number of nitrogens with one attached hydrogen (secondary N) is 2. The number of para-hydroxylation sites is 1. The molecule has 0 aliphatic carbocycles. The van der Waals surface area contributed by atoms with Crippen LogP contribution in [0.4, 0.5) is 0 Å². The summed E-state index contributed by atoms with van der Waals surface area (Å²) in [6, 6.07) is 10.2. The smallest absolute Gasteiger partial charge is 0.192 e. The Balaban J connectivity index is 1.43. The van der Waals surface area contributed by atoms with Gasteiger partial charge >= 0.3 is 0 Å². The minimum absolute atomic E-state index is 0.147. The van der Waals surface area contributed by atoms with Crippen LogP contribution in [0.1, 0.15) is 36.1 Å². The van der Waals surface area contributed by atoms with Gasteiger partial charge in [0.15, 0.2) is 11.8 Å². The highest BCUT2D eigenvalue weighted by molar-refractivity contribution is 5.80. The second-order valence-electron chi connectivity index (χ2n) is 7.31. The van der Waals surface area contributed by atoms with Crippen LogP contribution in [0.5, 0.6) is 5.75 Å². The lowest BCUT2D eigenvalue weighted by molar-refractivity contribution is 0.261. The van der Waals surface area contributed by atoms with Gasteiger partial charge in [-0.1, -0.05) is 18.2 Å². The fraction of sp³-hybridized carbons (Fsp3) is 0.429. The molecule has 9 heteroatoms. The maximum absolute atomic E-state index is 5.79. The van der Waals surface area contributed by atoms with Crippen molar-refractivity contribution in [3.8, 4) is 5.75 Å². The van der Waals surface area contributed by atoms with E-state index in [1.165, 1.54) is 0 Å². The van der Waals surface area contributed by atoms with Crippen LogP contribution in [-0.2, 0) is 20.1 Å². The van der Waals surface area contributed by atoms with Crippen LogP contribution >= 0.6 is 0 Å². The summed E-state index contributed by atoms with van der Waals surface area (Å²) in [4.78, 5) is 4.78. The molecular weight excluding hydrogens is 380 g/mol. The molecule has 1 aliphatic heterocycles. The average Bonchev–Trinajstić information content (AvgIpc) is 3.40. The van der Waals surface area contributed by atoms with Crippen LogP contribution in [0.2, 0.25) is 0 Å². The lowest BCUT2D eigenvalue weighted by Crippen LogP contribution is -2.41. The molecule has 0 amide bonds. The summed E-state index contributed by atoms with van der Waals surface area (Å²) in [5.41, 5.74) is 1.16. The van der Waals surface area contributed by atoms with Crippen LogP contribution in [-0.4, -0.2) is 43.7 Å². The van der Waals surface area contributed by atoms with Gasteiger partial charge in [0, 0.05) is 44.5 Å². The molecule has 1 aromatic carbocycles. The van der Waals surface area contributed by atoms with Gasteiger partial charge in [0.25, 0.3) is 0 Å². The minimum atomic E-state index is 0.147. The zero-order valence-electron chi connectivity index (χ0n) is 17.5. The van der Waals surface area contributed by atoms with Crippen molar-refractivity contribution in [1.82, 2.24) is 35.2 Å². The van der Waals surface area contributed by atoms with Crippen LogP contribution < -0.4 is 15.4 Å². The molecule has 0 saturated heterocycles. The lowest BCUT2D eigenvalue weighted by Gasteiger charge is -2.28. The maximum Gasteiger partial charge on any atom is 0.192 e. The molecule has 0 radical (unpaired) electrons. The van der Waals surface area contributed by atoms with Crippen LogP contribution in [0, 0.1) is 6.92 Å². The molecular formula is C21H28N8O. The molecule has 1 unspecified atom stereocenters. The van der Waals surface area contributed by atoms with E-state index >= 15 is 0 Å². The predicted octanol–water partition coefficient (Wildman–Crippen LogP) is 1.97. The second-order valence-corrected chi connectivity index (χ2v) is 7.31. The summed E-state index contributed by atoms with van der Waals surface area (Å²) in [6.07, 6.45) is 5.60. The van der Waals surface area contributed by atoms with Gasteiger partial charge in [0.05, 0.1) is 12.6 Å². The van der Waals surface area contributed by atoms with E-state index in [0.717, 1.165) is 54.9 Å². The summed E-state index contributed by atoms with van der Waals surface area (Å²) in [5.74, 6) is 3.40. The standard InChI is InChI=1S/C21H28N8O/c1-16-26-27-20(28(16)2)15-23-21(22-10-5-12-29-13-6-11-24-29)25-18-9-14-30-19-8-4-3-7-17(18)19/h3-4,6-8,11,13,18H,5,9-10,12,14-15H2,1-2H3,(H2,22,23,25). The molecule has 3 aromatic rings. The van der Waals surface area contributed by atoms with Gasteiger partial charge < -0.3 is 19.9 Å². The summed E-state index contributed by atoms with van der Waals surface area (Å²) < 4.78 is 9.69. The monoisotopic (exact) mass is 408 g/mol. The number of aryl methyl sites for hydroxylation is 2. The van der Waals surface area contributed by atoms with Crippen molar-refractivity contribution < 1.29 is 4.74 Å². The van der Waals surface area contributed by atoms with E-state index in [9.17, 15) is 0 Å². The van der Waals surface area contributed by atoms with Crippen molar-refractivity contribution in [2.75, 3.05) is 13.2 Å². The first-order valence-electron chi connectivity index (χ1n) is 10.3. The Kier molecular flexibility index (Phi) is 6.26. The molecule has 1 aliphatic rings. The van der Waals surface area contributed by atoms with Gasteiger partial charge in [-0.3, -0.25) is 4.68 Å². The Hall–Kier alpha value is -3.36. The van der Waals surface area contributed by atoms with E-state index in [-0.39, 0.29) is 6.04 Å². The topological polar surface area (TPSA) is 94.2 Å². The zero-order valence-corrected chi connectivity index (χ0v) is 17.5. The first-order valence-corrected chi connectivity index (χ1v) is 10.3. The van der Waals surface area contributed by atoms with E-state index in [1.54, 1.807) is 6.20 Å². The number of aliphatic imine (C=N–C) groups is 1. The highest BCUT2D eigenvalue weighted by atomic mass is 16.5. The van der Waals surface area contributed by atoms with Crippen LogP contribution in [0.3, 0.4) is 0 Å². The Morgan fingerprint density at radius 2 is 2.17 bits per heavy atom. The second kappa shape index (κ2) is 9.43. The Labute approximate surface area is 176 Å². The minimum Gasteiger partial charge on any atom is -0.493 e. The van der Waals surface area contributed by atoms with Crippen molar-refractivity contribution in [2.24, 2.45) is 12.0 Å². The SMILES string of the molecule is Cc1nnc(CN=C(NCCCn2cccn2)NC2CCOc3ccccc32)n1C. The molecule has 9 nitrogen and oxygen atoms in total. The number of hydrogen-bond acceptors (Lipinski definition) is 5. The first-order chi connectivity index (χ1) is 14.7. The zero-order chi connectivity index (χ0) is 20.8. The van der Waals surface area contributed by atoms with Gasteiger partial charge in [0.1, 0.15) is 18.1 Å². The van der Waals surface area contributed by atoms with Crippen LogP contribution in [0.25, 0.3) is 0 Å². The van der Waals surface area contributed by atoms with Crippen LogP contribution in [0.15, 0.2) is 47.7 Å². The molecule has 30 heavy (non-hydrogen) atoms. The van der Waals surface area contributed by atoms with Crippen molar-refractivity contribution in [3.05, 3.63) is 59.9 Å². The number of hydrogen-bond donors (Lipinski definition) is 2. The third-order valence-electron chi connectivity index (χ3n) is 5.25.